The summed E-state index contributed by atoms with van der Waals surface area (Å²) in [7, 11) is -4.75. The van der Waals surface area contributed by atoms with E-state index in [0.29, 0.717) is 5.56 Å². The molecule has 0 radical (unpaired) electrons. The largest absolute Gasteiger partial charge is 0.524 e. The number of phosphoric ester groups is 1. The third-order valence-corrected chi connectivity index (χ3v) is 3.41. The highest BCUT2D eigenvalue weighted by atomic mass is 31.2. The van der Waals surface area contributed by atoms with E-state index in [0.717, 1.165) is 18.4 Å². The zero-order valence-corrected chi connectivity index (χ0v) is 13.4. The van der Waals surface area contributed by atoms with Crippen LogP contribution in [-0.2, 0) is 11.0 Å². The summed E-state index contributed by atoms with van der Waals surface area (Å²) >= 11 is 0. The van der Waals surface area contributed by atoms with Gasteiger partial charge in [-0.15, -0.1) is 0 Å². The summed E-state index contributed by atoms with van der Waals surface area (Å²) in [5, 5.41) is 0. The molecule has 6 nitrogen and oxygen atoms in total. The van der Waals surface area contributed by atoms with Gasteiger partial charge in [0.25, 0.3) is 0 Å². The highest BCUT2D eigenvalue weighted by molar-refractivity contribution is 7.46. The summed E-state index contributed by atoms with van der Waals surface area (Å²) in [4.78, 5) is 30.1. The van der Waals surface area contributed by atoms with Gasteiger partial charge in [-0.1, -0.05) is 37.6 Å². The van der Waals surface area contributed by atoms with Gasteiger partial charge in [0.2, 0.25) is 0 Å². The van der Waals surface area contributed by atoms with Crippen LogP contribution in [-0.4, -0.2) is 15.8 Å². The Morgan fingerprint density at radius 2 is 1.78 bits per heavy atom. The number of aryl methyl sites for hydroxylation is 1. The molecule has 0 unspecified atom stereocenters. The monoisotopic (exact) mass is 336 g/mol. The summed E-state index contributed by atoms with van der Waals surface area (Å²) < 4.78 is 20.9. The number of phosphoric acid groups is 1. The molecule has 0 aliphatic rings. The van der Waals surface area contributed by atoms with Crippen molar-refractivity contribution in [1.29, 1.82) is 0 Å². The summed E-state index contributed by atoms with van der Waals surface area (Å²) in [5.74, 6) is -0.828. The fraction of sp³-hybridized carbons (Fsp3) is 0.188. The third-order valence-electron chi connectivity index (χ3n) is 2.98. The zero-order valence-electron chi connectivity index (χ0n) is 12.5. The lowest BCUT2D eigenvalue weighted by Gasteiger charge is -2.13. The van der Waals surface area contributed by atoms with Crippen LogP contribution in [0.5, 0.6) is 11.5 Å². The van der Waals surface area contributed by atoms with Crippen molar-refractivity contribution in [3.8, 4) is 11.5 Å². The van der Waals surface area contributed by atoms with Crippen LogP contribution in [0.15, 0.2) is 48.5 Å². The SMILES string of the molecule is CCCc1ccc(OP(=O)(O)O)c(OC(=O)c2ccccc2)c1. The van der Waals surface area contributed by atoms with Gasteiger partial charge in [-0.2, -0.15) is 0 Å². The molecule has 0 aliphatic heterocycles. The molecule has 0 amide bonds. The quantitative estimate of drug-likeness (QED) is 0.477. The smallest absolute Gasteiger partial charge is 0.419 e. The molecule has 0 heterocycles. The Labute approximate surface area is 133 Å². The number of carbonyl (C=O) groups excluding carboxylic acids is 1. The standard InChI is InChI=1S/C16H17O6P/c1-2-6-12-9-10-14(22-23(18,19)20)15(11-12)21-16(17)13-7-4-3-5-8-13/h3-5,7-11H,2,6H2,1H3,(H2,18,19,20). The van der Waals surface area contributed by atoms with E-state index < -0.39 is 13.8 Å². The minimum absolute atomic E-state index is 0.0203. The Bertz CT molecular complexity index is 723. The Morgan fingerprint density at radius 1 is 1.09 bits per heavy atom. The van der Waals surface area contributed by atoms with E-state index in [-0.39, 0.29) is 11.5 Å². The molecule has 0 fully saturated rings. The molecule has 0 saturated carbocycles. The number of benzene rings is 2. The summed E-state index contributed by atoms with van der Waals surface area (Å²) in [6.07, 6.45) is 1.62. The van der Waals surface area contributed by atoms with E-state index in [1.54, 1.807) is 42.5 Å². The minimum Gasteiger partial charge on any atom is -0.419 e. The number of esters is 1. The highest BCUT2D eigenvalue weighted by Gasteiger charge is 2.21. The summed E-state index contributed by atoms with van der Waals surface area (Å²) in [6, 6.07) is 12.9. The average Bonchev–Trinajstić information content (AvgIpc) is 2.50. The van der Waals surface area contributed by atoms with Crippen molar-refractivity contribution in [2.45, 2.75) is 19.8 Å². The van der Waals surface area contributed by atoms with Gasteiger partial charge in [0.05, 0.1) is 5.56 Å². The molecule has 2 N–H and O–H groups in total. The Kier molecular flexibility index (Phi) is 5.55. The molecule has 0 aliphatic carbocycles. The van der Waals surface area contributed by atoms with Crippen molar-refractivity contribution in [2.75, 3.05) is 0 Å². The molecule has 0 aromatic heterocycles. The predicted molar refractivity (Wildman–Crippen MR) is 84.5 cm³/mol. The van der Waals surface area contributed by atoms with Crippen LogP contribution in [0, 0.1) is 0 Å². The molecule has 122 valence electrons. The van der Waals surface area contributed by atoms with Crippen LogP contribution in [0.2, 0.25) is 0 Å². The average molecular weight is 336 g/mol. The number of hydrogen-bond acceptors (Lipinski definition) is 4. The topological polar surface area (TPSA) is 93.1 Å². The molecule has 2 aromatic carbocycles. The predicted octanol–water partition coefficient (Wildman–Crippen LogP) is 3.33. The lowest BCUT2D eigenvalue weighted by molar-refractivity contribution is 0.0730. The maximum absolute atomic E-state index is 12.1. The summed E-state index contributed by atoms with van der Waals surface area (Å²) in [5.41, 5.74) is 1.21. The van der Waals surface area contributed by atoms with Crippen molar-refractivity contribution in [3.63, 3.8) is 0 Å². The van der Waals surface area contributed by atoms with E-state index in [1.165, 1.54) is 6.07 Å². The number of ether oxygens (including phenoxy) is 1. The van der Waals surface area contributed by atoms with Crippen LogP contribution in [0.1, 0.15) is 29.3 Å². The van der Waals surface area contributed by atoms with E-state index in [4.69, 9.17) is 14.5 Å². The van der Waals surface area contributed by atoms with Crippen molar-refractivity contribution < 1.29 is 28.4 Å². The van der Waals surface area contributed by atoms with Gasteiger partial charge in [0, 0.05) is 0 Å². The highest BCUT2D eigenvalue weighted by Crippen LogP contribution is 2.42. The Balaban J connectivity index is 2.31. The van der Waals surface area contributed by atoms with Gasteiger partial charge in [-0.3, -0.25) is 9.79 Å². The Morgan fingerprint density at radius 3 is 2.39 bits per heavy atom. The second-order valence-corrected chi connectivity index (χ2v) is 6.03. The lowest BCUT2D eigenvalue weighted by atomic mass is 10.1. The van der Waals surface area contributed by atoms with Crippen LogP contribution in [0.4, 0.5) is 0 Å². The molecular formula is C16H17O6P. The third kappa shape index (κ3) is 5.21. The van der Waals surface area contributed by atoms with E-state index >= 15 is 0 Å². The van der Waals surface area contributed by atoms with Crippen molar-refractivity contribution >= 4 is 13.8 Å². The second kappa shape index (κ2) is 7.42. The first-order valence-electron chi connectivity index (χ1n) is 7.04. The van der Waals surface area contributed by atoms with Crippen molar-refractivity contribution in [3.05, 3.63) is 59.7 Å². The van der Waals surface area contributed by atoms with Gasteiger partial charge in [-0.25, -0.2) is 9.36 Å². The molecule has 0 bridgehead atoms. The molecule has 2 aromatic rings. The van der Waals surface area contributed by atoms with E-state index in [1.807, 2.05) is 6.92 Å². The number of hydrogen-bond donors (Lipinski definition) is 2. The maximum atomic E-state index is 12.1. The zero-order chi connectivity index (χ0) is 16.9. The van der Waals surface area contributed by atoms with Gasteiger partial charge in [0.15, 0.2) is 11.5 Å². The van der Waals surface area contributed by atoms with Gasteiger partial charge >= 0.3 is 13.8 Å². The molecule has 0 atom stereocenters. The maximum Gasteiger partial charge on any atom is 0.524 e. The lowest BCUT2D eigenvalue weighted by Crippen LogP contribution is -2.09. The van der Waals surface area contributed by atoms with E-state index in [9.17, 15) is 9.36 Å². The van der Waals surface area contributed by atoms with Gasteiger partial charge in [-0.05, 0) is 36.2 Å². The molecular weight excluding hydrogens is 319 g/mol. The van der Waals surface area contributed by atoms with Gasteiger partial charge in [0.1, 0.15) is 0 Å². The normalized spacial score (nSPS) is 11.1. The number of rotatable bonds is 6. The van der Waals surface area contributed by atoms with Crippen LogP contribution in [0.3, 0.4) is 0 Å². The van der Waals surface area contributed by atoms with Gasteiger partial charge < -0.3 is 9.26 Å². The first-order valence-corrected chi connectivity index (χ1v) is 8.57. The molecule has 23 heavy (non-hydrogen) atoms. The second-order valence-electron chi connectivity index (χ2n) is 4.87. The molecule has 0 saturated heterocycles. The van der Waals surface area contributed by atoms with Crippen molar-refractivity contribution in [2.24, 2.45) is 0 Å². The molecule has 7 heteroatoms. The fourth-order valence-corrected chi connectivity index (χ4v) is 2.42. The summed E-state index contributed by atoms with van der Waals surface area (Å²) in [6.45, 7) is 2.00. The molecule has 2 rings (SSSR count). The van der Waals surface area contributed by atoms with E-state index in [2.05, 4.69) is 4.52 Å². The first-order chi connectivity index (χ1) is 10.9. The van der Waals surface area contributed by atoms with Crippen LogP contribution in [0.25, 0.3) is 0 Å². The fourth-order valence-electron chi connectivity index (χ4n) is 2.01. The van der Waals surface area contributed by atoms with Crippen molar-refractivity contribution in [1.82, 2.24) is 0 Å². The first kappa shape index (κ1) is 17.2. The minimum atomic E-state index is -4.75. The molecule has 0 spiro atoms. The number of carbonyl (C=O) groups is 1. The van der Waals surface area contributed by atoms with Crippen LogP contribution < -0.4 is 9.26 Å². The Hall–Kier alpha value is -2.14. The van der Waals surface area contributed by atoms with Crippen LogP contribution >= 0.6 is 7.82 Å².